The first-order valence-electron chi connectivity index (χ1n) is 8.05. The molecule has 5 nitrogen and oxygen atoms in total. The van der Waals surface area contributed by atoms with E-state index in [1.165, 1.54) is 10.4 Å². The third-order valence-corrected chi connectivity index (χ3v) is 5.42. The van der Waals surface area contributed by atoms with Gasteiger partial charge in [-0.3, -0.25) is 4.79 Å². The highest BCUT2D eigenvalue weighted by molar-refractivity contribution is 7.21. The van der Waals surface area contributed by atoms with Crippen LogP contribution in [0.25, 0.3) is 20.7 Å². The molecular weight excluding hydrogens is 320 g/mol. The Morgan fingerprint density at radius 2 is 2.08 bits per heavy atom. The van der Waals surface area contributed by atoms with E-state index in [-0.39, 0.29) is 11.9 Å². The summed E-state index contributed by atoms with van der Waals surface area (Å²) in [5.41, 5.74) is 1.19. The lowest BCUT2D eigenvalue weighted by Crippen LogP contribution is -2.35. The van der Waals surface area contributed by atoms with E-state index in [2.05, 4.69) is 45.3 Å². The van der Waals surface area contributed by atoms with Gasteiger partial charge in [0, 0.05) is 30.4 Å². The largest absolute Gasteiger partial charge is 0.354 e. The fourth-order valence-corrected chi connectivity index (χ4v) is 4.12. The topological polar surface area (TPSA) is 58.1 Å². The molecule has 0 unspecified atom stereocenters. The Labute approximate surface area is 144 Å². The molecule has 3 heterocycles. The highest BCUT2D eigenvalue weighted by atomic mass is 32.1. The van der Waals surface area contributed by atoms with Crippen molar-refractivity contribution >= 4 is 33.3 Å². The van der Waals surface area contributed by atoms with Crippen LogP contribution in [0.1, 0.15) is 13.3 Å². The summed E-state index contributed by atoms with van der Waals surface area (Å²) < 4.78 is 0. The van der Waals surface area contributed by atoms with Crippen LogP contribution in [0.5, 0.6) is 0 Å². The highest BCUT2D eigenvalue weighted by Gasteiger charge is 2.24. The first-order valence-corrected chi connectivity index (χ1v) is 8.87. The maximum atomic E-state index is 11.8. The average Bonchev–Trinajstić information content (AvgIpc) is 2.96. The second-order valence-corrected chi connectivity index (χ2v) is 7.02. The minimum absolute atomic E-state index is 0.102. The maximum absolute atomic E-state index is 11.8. The van der Waals surface area contributed by atoms with E-state index in [1.807, 2.05) is 18.2 Å². The van der Waals surface area contributed by atoms with Crippen molar-refractivity contribution in [2.75, 3.05) is 18.0 Å². The van der Waals surface area contributed by atoms with E-state index in [9.17, 15) is 4.79 Å². The van der Waals surface area contributed by atoms with Crippen LogP contribution in [-0.4, -0.2) is 35.0 Å². The molecule has 0 spiro atoms. The van der Waals surface area contributed by atoms with Gasteiger partial charge in [0.2, 0.25) is 5.91 Å². The smallest absolute Gasteiger partial charge is 0.222 e. The summed E-state index contributed by atoms with van der Waals surface area (Å²) in [4.78, 5) is 25.1. The first-order chi connectivity index (χ1) is 11.7. The van der Waals surface area contributed by atoms with Crippen LogP contribution in [0.4, 0.5) is 5.82 Å². The Bertz CT molecular complexity index is 877. The molecule has 122 valence electrons. The van der Waals surface area contributed by atoms with Gasteiger partial charge in [0.25, 0.3) is 0 Å². The number of carbonyl (C=O) groups excluding carboxylic acids is 1. The van der Waals surface area contributed by atoms with Crippen LogP contribution in [0.3, 0.4) is 0 Å². The number of rotatable bonds is 2. The number of benzene rings is 1. The Morgan fingerprint density at radius 1 is 1.25 bits per heavy atom. The predicted octanol–water partition coefficient (Wildman–Crippen LogP) is 3.07. The number of aromatic nitrogens is 2. The number of hydrogen-bond acceptors (Lipinski definition) is 5. The Balaban J connectivity index is 1.78. The van der Waals surface area contributed by atoms with Gasteiger partial charge in [-0.25, -0.2) is 9.97 Å². The summed E-state index contributed by atoms with van der Waals surface area (Å²) in [7, 11) is 0. The van der Waals surface area contributed by atoms with Crippen molar-refractivity contribution < 1.29 is 4.79 Å². The molecule has 1 aliphatic heterocycles. The SMILES string of the molecule is C[C@H]1CC(=O)NCCN1c1ncnc2sc(-c3ccccc3)cc12. The predicted molar refractivity (Wildman–Crippen MR) is 97.3 cm³/mol. The molecule has 0 radical (unpaired) electrons. The summed E-state index contributed by atoms with van der Waals surface area (Å²) in [6.45, 7) is 3.48. The van der Waals surface area contributed by atoms with E-state index in [0.29, 0.717) is 13.0 Å². The van der Waals surface area contributed by atoms with Crippen molar-refractivity contribution in [3.8, 4) is 10.4 Å². The van der Waals surface area contributed by atoms with E-state index < -0.39 is 0 Å². The van der Waals surface area contributed by atoms with Gasteiger partial charge < -0.3 is 10.2 Å². The number of amides is 1. The van der Waals surface area contributed by atoms with Gasteiger partial charge in [-0.1, -0.05) is 30.3 Å². The first kappa shape index (κ1) is 15.1. The second-order valence-electron chi connectivity index (χ2n) is 5.99. The molecule has 1 aliphatic rings. The fourth-order valence-electron chi connectivity index (χ4n) is 3.12. The summed E-state index contributed by atoms with van der Waals surface area (Å²) in [6, 6.07) is 12.6. The third kappa shape index (κ3) is 2.73. The Hall–Kier alpha value is -2.47. The lowest BCUT2D eigenvalue weighted by Gasteiger charge is -2.27. The molecule has 6 heteroatoms. The molecule has 1 saturated heterocycles. The number of thiophene rings is 1. The zero-order valence-electron chi connectivity index (χ0n) is 13.4. The second kappa shape index (κ2) is 6.20. The Morgan fingerprint density at radius 3 is 2.92 bits per heavy atom. The normalized spacial score (nSPS) is 18.5. The quantitative estimate of drug-likeness (QED) is 0.780. The molecule has 1 amide bonds. The summed E-state index contributed by atoms with van der Waals surface area (Å²) in [5, 5.41) is 3.99. The highest BCUT2D eigenvalue weighted by Crippen LogP contribution is 2.36. The number of nitrogens with one attached hydrogen (secondary N) is 1. The Kier molecular flexibility index (Phi) is 3.90. The van der Waals surface area contributed by atoms with E-state index in [0.717, 1.165) is 22.6 Å². The lowest BCUT2D eigenvalue weighted by atomic mass is 10.1. The van der Waals surface area contributed by atoms with Gasteiger partial charge >= 0.3 is 0 Å². The molecule has 1 fully saturated rings. The number of anilines is 1. The molecule has 0 bridgehead atoms. The summed E-state index contributed by atoms with van der Waals surface area (Å²) >= 11 is 1.68. The van der Waals surface area contributed by atoms with Gasteiger partial charge in [0.1, 0.15) is 17.0 Å². The monoisotopic (exact) mass is 338 g/mol. The van der Waals surface area contributed by atoms with E-state index >= 15 is 0 Å². The zero-order chi connectivity index (χ0) is 16.5. The van der Waals surface area contributed by atoms with Crippen molar-refractivity contribution in [2.45, 2.75) is 19.4 Å². The van der Waals surface area contributed by atoms with Gasteiger partial charge in [-0.15, -0.1) is 11.3 Å². The molecule has 1 atom stereocenters. The summed E-state index contributed by atoms with van der Waals surface area (Å²) in [6.07, 6.45) is 2.11. The maximum Gasteiger partial charge on any atom is 0.222 e. The number of hydrogen-bond donors (Lipinski definition) is 1. The number of carbonyl (C=O) groups is 1. The van der Waals surface area contributed by atoms with Crippen LogP contribution in [0, 0.1) is 0 Å². The minimum atomic E-state index is 0.102. The van der Waals surface area contributed by atoms with Crippen LogP contribution < -0.4 is 10.2 Å². The van der Waals surface area contributed by atoms with Crippen molar-refractivity contribution in [1.82, 2.24) is 15.3 Å². The molecule has 1 aromatic carbocycles. The van der Waals surface area contributed by atoms with Crippen molar-refractivity contribution in [2.24, 2.45) is 0 Å². The van der Waals surface area contributed by atoms with Crippen LogP contribution in [0.15, 0.2) is 42.7 Å². The number of nitrogens with zero attached hydrogens (tertiary/aromatic N) is 3. The molecule has 0 saturated carbocycles. The number of fused-ring (bicyclic) bond motifs is 1. The lowest BCUT2D eigenvalue weighted by molar-refractivity contribution is -0.120. The molecule has 2 aromatic heterocycles. The van der Waals surface area contributed by atoms with Crippen molar-refractivity contribution in [1.29, 1.82) is 0 Å². The van der Waals surface area contributed by atoms with Gasteiger partial charge in [-0.05, 0) is 18.6 Å². The van der Waals surface area contributed by atoms with Crippen molar-refractivity contribution in [3.63, 3.8) is 0 Å². The van der Waals surface area contributed by atoms with Crippen LogP contribution >= 0.6 is 11.3 Å². The van der Waals surface area contributed by atoms with Gasteiger partial charge in [0.05, 0.1) is 5.39 Å². The van der Waals surface area contributed by atoms with Crippen LogP contribution in [-0.2, 0) is 4.79 Å². The molecule has 4 rings (SSSR count). The molecule has 24 heavy (non-hydrogen) atoms. The minimum Gasteiger partial charge on any atom is -0.354 e. The summed E-state index contributed by atoms with van der Waals surface area (Å²) in [5.74, 6) is 1.02. The molecule has 0 aliphatic carbocycles. The van der Waals surface area contributed by atoms with Gasteiger partial charge in [0.15, 0.2) is 0 Å². The van der Waals surface area contributed by atoms with Crippen LogP contribution in [0.2, 0.25) is 0 Å². The van der Waals surface area contributed by atoms with Crippen molar-refractivity contribution in [3.05, 3.63) is 42.7 Å². The van der Waals surface area contributed by atoms with E-state index in [4.69, 9.17) is 0 Å². The zero-order valence-corrected chi connectivity index (χ0v) is 14.2. The molecular formula is C18H18N4OS. The third-order valence-electron chi connectivity index (χ3n) is 4.33. The molecule has 1 N–H and O–H groups in total. The van der Waals surface area contributed by atoms with E-state index in [1.54, 1.807) is 17.7 Å². The van der Waals surface area contributed by atoms with Gasteiger partial charge in [-0.2, -0.15) is 0 Å². The molecule has 3 aromatic rings. The fraction of sp³-hybridized carbons (Fsp3) is 0.278. The average molecular weight is 338 g/mol. The standard InChI is InChI=1S/C18H18N4OS/c1-12-9-16(23)19-7-8-22(12)17-14-10-15(13-5-3-2-4-6-13)24-18(14)21-11-20-17/h2-6,10-12H,7-9H2,1H3,(H,19,23)/t12-/m0/s1.